The van der Waals surface area contributed by atoms with E-state index in [0.717, 1.165) is 82.7 Å². The van der Waals surface area contributed by atoms with E-state index in [-0.39, 0.29) is 0 Å². The van der Waals surface area contributed by atoms with E-state index in [1.165, 1.54) is 27.1 Å². The Morgan fingerprint density at radius 1 is 0.306 bits per heavy atom. The van der Waals surface area contributed by atoms with Gasteiger partial charge in [-0.25, -0.2) is 0 Å². The molecule has 8 aromatic carbocycles. The molecule has 0 amide bonds. The SMILES string of the molecule is c1ccc(-c2coc3c2ccc2c4cccc(-c5c6ccccc6c(-c6ccc7oc8ccccc8c7c6)c6ccccc56)c4oc23)cc1. The minimum absolute atomic E-state index is 0.769. The first-order chi connectivity index (χ1) is 24.3. The van der Waals surface area contributed by atoms with Crippen LogP contribution in [0.1, 0.15) is 0 Å². The number of hydrogen-bond acceptors (Lipinski definition) is 3. The van der Waals surface area contributed by atoms with Crippen molar-refractivity contribution in [2.75, 3.05) is 0 Å². The van der Waals surface area contributed by atoms with Gasteiger partial charge in [0.2, 0.25) is 0 Å². The van der Waals surface area contributed by atoms with Crippen molar-refractivity contribution in [1.82, 2.24) is 0 Å². The van der Waals surface area contributed by atoms with Crippen molar-refractivity contribution in [3.05, 3.63) is 158 Å². The zero-order chi connectivity index (χ0) is 32.1. The zero-order valence-electron chi connectivity index (χ0n) is 26.2. The van der Waals surface area contributed by atoms with Crippen molar-refractivity contribution in [2.45, 2.75) is 0 Å². The fraction of sp³-hybridized carbons (Fsp3) is 0. The zero-order valence-corrected chi connectivity index (χ0v) is 26.2. The quantitative estimate of drug-likeness (QED) is 0.183. The molecular weight excluding hydrogens is 601 g/mol. The molecule has 0 N–H and O–H groups in total. The maximum atomic E-state index is 6.89. The molecule has 0 radical (unpaired) electrons. The van der Waals surface area contributed by atoms with Crippen LogP contribution in [0.5, 0.6) is 0 Å². The van der Waals surface area contributed by atoms with Gasteiger partial charge in [-0.05, 0) is 68.6 Å². The van der Waals surface area contributed by atoms with Crippen LogP contribution in [0.15, 0.2) is 171 Å². The smallest absolute Gasteiger partial charge is 0.178 e. The van der Waals surface area contributed by atoms with Gasteiger partial charge >= 0.3 is 0 Å². The summed E-state index contributed by atoms with van der Waals surface area (Å²) in [6.07, 6.45) is 1.84. The van der Waals surface area contributed by atoms with E-state index in [2.05, 4.69) is 133 Å². The first-order valence-electron chi connectivity index (χ1n) is 16.6. The summed E-state index contributed by atoms with van der Waals surface area (Å²) in [5, 5.41) is 10.1. The van der Waals surface area contributed by atoms with Crippen LogP contribution in [0.4, 0.5) is 0 Å². The van der Waals surface area contributed by atoms with Gasteiger partial charge in [0.25, 0.3) is 0 Å². The minimum atomic E-state index is 0.769. The third kappa shape index (κ3) is 3.73. The number of rotatable bonds is 3. The molecule has 0 saturated carbocycles. The first kappa shape index (κ1) is 26.5. The van der Waals surface area contributed by atoms with Crippen molar-refractivity contribution in [2.24, 2.45) is 0 Å². The molecule has 0 aliphatic heterocycles. The van der Waals surface area contributed by atoms with E-state index in [1.54, 1.807) is 0 Å². The predicted molar refractivity (Wildman–Crippen MR) is 202 cm³/mol. The molecule has 3 heteroatoms. The average molecular weight is 627 g/mol. The Labute approximate surface area is 280 Å². The third-order valence-electron chi connectivity index (χ3n) is 10.2. The van der Waals surface area contributed by atoms with Gasteiger partial charge in [-0.15, -0.1) is 0 Å². The number of fused-ring (bicyclic) bond motifs is 10. The lowest BCUT2D eigenvalue weighted by Crippen LogP contribution is -1.91. The van der Waals surface area contributed by atoms with E-state index in [1.807, 2.05) is 24.5 Å². The predicted octanol–water partition coefficient (Wildman–Crippen LogP) is 13.5. The van der Waals surface area contributed by atoms with Gasteiger partial charge in [0, 0.05) is 43.6 Å². The molecule has 0 atom stereocenters. The maximum absolute atomic E-state index is 6.89. The summed E-state index contributed by atoms with van der Waals surface area (Å²) in [5.74, 6) is 0. The molecule has 0 spiro atoms. The van der Waals surface area contributed by atoms with Crippen molar-refractivity contribution in [3.63, 3.8) is 0 Å². The highest BCUT2D eigenvalue weighted by atomic mass is 16.4. The van der Waals surface area contributed by atoms with E-state index >= 15 is 0 Å². The van der Waals surface area contributed by atoms with Gasteiger partial charge in [0.05, 0.1) is 6.26 Å². The molecular formula is C46H26O3. The molecule has 0 fully saturated rings. The highest BCUT2D eigenvalue weighted by Gasteiger charge is 2.22. The van der Waals surface area contributed by atoms with Gasteiger partial charge in [-0.3, -0.25) is 0 Å². The molecule has 11 aromatic rings. The molecule has 0 unspecified atom stereocenters. The Morgan fingerprint density at radius 2 is 0.918 bits per heavy atom. The summed E-state index contributed by atoms with van der Waals surface area (Å²) < 4.78 is 19.3. The second-order valence-electron chi connectivity index (χ2n) is 12.8. The largest absolute Gasteiger partial charge is 0.460 e. The van der Waals surface area contributed by atoms with Crippen LogP contribution >= 0.6 is 0 Å². The molecule has 0 saturated heterocycles. The summed E-state index contributed by atoms with van der Waals surface area (Å²) in [5.41, 5.74) is 11.0. The van der Waals surface area contributed by atoms with Gasteiger partial charge < -0.3 is 13.3 Å². The van der Waals surface area contributed by atoms with E-state index in [9.17, 15) is 0 Å². The Balaban J connectivity index is 1.20. The molecule has 0 aliphatic carbocycles. The van der Waals surface area contributed by atoms with Gasteiger partial charge in [-0.2, -0.15) is 0 Å². The maximum Gasteiger partial charge on any atom is 0.178 e. The standard InChI is InChI=1S/C46H26O3/c1-2-11-27(12-3-1)39-26-47-45-36(39)23-22-35-34-18-10-19-37(44(34)49-46(35)45)43-32-16-6-4-14-30(32)42(31-15-5-7-17-33(31)43)28-21-24-41-38(25-28)29-13-8-9-20-40(29)48-41/h1-26H. The van der Waals surface area contributed by atoms with Crippen LogP contribution in [-0.2, 0) is 0 Å². The topological polar surface area (TPSA) is 39.4 Å². The van der Waals surface area contributed by atoms with Gasteiger partial charge in [0.1, 0.15) is 16.7 Å². The molecule has 0 bridgehead atoms. The van der Waals surface area contributed by atoms with E-state index < -0.39 is 0 Å². The Morgan fingerprint density at radius 3 is 1.69 bits per heavy atom. The summed E-state index contributed by atoms with van der Waals surface area (Å²) in [6, 6.07) is 53.5. The minimum Gasteiger partial charge on any atom is -0.460 e. The van der Waals surface area contributed by atoms with Crippen LogP contribution in [0, 0.1) is 0 Å². The Bertz CT molecular complexity index is 3040. The molecule has 11 rings (SSSR count). The lowest BCUT2D eigenvalue weighted by molar-refractivity contribution is 0.601. The lowest BCUT2D eigenvalue weighted by atomic mass is 9.85. The van der Waals surface area contributed by atoms with Crippen molar-refractivity contribution < 1.29 is 13.3 Å². The summed E-state index contributed by atoms with van der Waals surface area (Å²) >= 11 is 0. The highest BCUT2D eigenvalue weighted by molar-refractivity contribution is 6.25. The number of hydrogen-bond donors (Lipinski definition) is 0. The van der Waals surface area contributed by atoms with Crippen LogP contribution in [0.25, 0.3) is 110 Å². The van der Waals surface area contributed by atoms with Crippen LogP contribution < -0.4 is 0 Å². The van der Waals surface area contributed by atoms with Crippen LogP contribution in [0.3, 0.4) is 0 Å². The molecule has 49 heavy (non-hydrogen) atoms. The average Bonchev–Trinajstić information content (AvgIpc) is 3.87. The molecule has 3 aromatic heterocycles. The fourth-order valence-electron chi connectivity index (χ4n) is 8.00. The van der Waals surface area contributed by atoms with E-state index in [0.29, 0.717) is 0 Å². The monoisotopic (exact) mass is 626 g/mol. The third-order valence-corrected chi connectivity index (χ3v) is 10.2. The summed E-state index contributed by atoms with van der Waals surface area (Å²) in [4.78, 5) is 0. The molecule has 0 aliphatic rings. The highest BCUT2D eigenvalue weighted by Crippen LogP contribution is 2.48. The first-order valence-corrected chi connectivity index (χ1v) is 16.6. The molecule has 3 nitrogen and oxygen atoms in total. The Kier molecular flexibility index (Phi) is 5.38. The number of benzene rings is 8. The van der Waals surface area contributed by atoms with Crippen molar-refractivity contribution in [1.29, 1.82) is 0 Å². The van der Waals surface area contributed by atoms with Crippen molar-refractivity contribution in [3.8, 4) is 33.4 Å². The number of furan rings is 3. The van der Waals surface area contributed by atoms with Gasteiger partial charge in [-0.1, -0.05) is 121 Å². The van der Waals surface area contributed by atoms with E-state index in [4.69, 9.17) is 13.3 Å². The Hall–Kier alpha value is -6.58. The fourth-order valence-corrected chi connectivity index (χ4v) is 8.00. The second-order valence-corrected chi connectivity index (χ2v) is 12.8. The lowest BCUT2D eigenvalue weighted by Gasteiger charge is -2.18. The van der Waals surface area contributed by atoms with Crippen LogP contribution in [0.2, 0.25) is 0 Å². The second kappa shape index (κ2) is 9.96. The van der Waals surface area contributed by atoms with Crippen LogP contribution in [-0.4, -0.2) is 0 Å². The summed E-state index contributed by atoms with van der Waals surface area (Å²) in [7, 11) is 0. The summed E-state index contributed by atoms with van der Waals surface area (Å²) in [6.45, 7) is 0. The molecule has 228 valence electrons. The molecule has 3 heterocycles. The normalized spacial score (nSPS) is 12.1. The van der Waals surface area contributed by atoms with Crippen molar-refractivity contribution >= 4 is 76.4 Å². The van der Waals surface area contributed by atoms with Gasteiger partial charge in [0.15, 0.2) is 11.2 Å². The number of para-hydroxylation sites is 2.